The zero-order valence-corrected chi connectivity index (χ0v) is 15.3. The van der Waals surface area contributed by atoms with Gasteiger partial charge in [0.25, 0.3) is 5.91 Å². The standard InChI is InChI=1S/C20H19FN6O/c1-12-4-5-16-14(9-13(21)10-22-16)17-3-2-7-26(17)18-6-8-27-19(25-18)15(11-23-27)20(28)24-12/h4-6,8-12,17H,2-3,7H2,1H3,(H,24,28)/b5-4-/t12-,17+/m1/s1. The summed E-state index contributed by atoms with van der Waals surface area (Å²) in [6.07, 6.45) is 10.1. The van der Waals surface area contributed by atoms with Crippen LogP contribution in [0.2, 0.25) is 0 Å². The molecule has 28 heavy (non-hydrogen) atoms. The molecule has 8 heteroatoms. The van der Waals surface area contributed by atoms with Crippen LogP contribution in [-0.2, 0) is 0 Å². The number of halogens is 1. The molecule has 0 spiro atoms. The average Bonchev–Trinajstić information content (AvgIpc) is 3.32. The number of carbonyl (C=O) groups is 1. The fraction of sp³-hybridized carbons (Fsp3) is 0.300. The number of hydrogen-bond donors (Lipinski definition) is 1. The third-order valence-corrected chi connectivity index (χ3v) is 5.32. The monoisotopic (exact) mass is 378 g/mol. The lowest BCUT2D eigenvalue weighted by molar-refractivity contribution is 0.0948. The number of amides is 1. The Kier molecular flexibility index (Phi) is 3.85. The van der Waals surface area contributed by atoms with Gasteiger partial charge in [-0.25, -0.2) is 13.9 Å². The van der Waals surface area contributed by atoms with E-state index in [-0.39, 0.29) is 23.8 Å². The number of fused-ring (bicyclic) bond motifs is 5. The second-order valence-corrected chi connectivity index (χ2v) is 7.21. The van der Waals surface area contributed by atoms with E-state index in [0.29, 0.717) is 16.9 Å². The summed E-state index contributed by atoms with van der Waals surface area (Å²) in [7, 11) is 0. The lowest BCUT2D eigenvalue weighted by Crippen LogP contribution is -2.31. The minimum Gasteiger partial charge on any atom is -0.349 e. The second kappa shape index (κ2) is 6.40. The van der Waals surface area contributed by atoms with Crippen molar-refractivity contribution in [3.05, 3.63) is 59.4 Å². The molecule has 1 amide bonds. The molecule has 142 valence electrons. The molecule has 0 saturated carbocycles. The molecule has 1 fully saturated rings. The number of nitrogens with zero attached hydrogens (tertiary/aromatic N) is 5. The van der Waals surface area contributed by atoms with E-state index in [1.807, 2.05) is 25.1 Å². The van der Waals surface area contributed by atoms with E-state index in [4.69, 9.17) is 4.98 Å². The maximum absolute atomic E-state index is 14.0. The van der Waals surface area contributed by atoms with Crippen LogP contribution in [0.1, 0.15) is 47.4 Å². The van der Waals surface area contributed by atoms with Crippen LogP contribution in [0.4, 0.5) is 10.2 Å². The highest BCUT2D eigenvalue weighted by atomic mass is 19.1. The molecular formula is C20H19FN6O. The fourth-order valence-corrected chi connectivity index (χ4v) is 3.98. The Bertz CT molecular complexity index is 1110. The zero-order chi connectivity index (χ0) is 19.3. The van der Waals surface area contributed by atoms with Gasteiger partial charge >= 0.3 is 0 Å². The Morgan fingerprint density at radius 2 is 2.21 bits per heavy atom. The van der Waals surface area contributed by atoms with E-state index in [2.05, 4.69) is 20.3 Å². The number of carbonyl (C=O) groups excluding carboxylic acids is 1. The highest BCUT2D eigenvalue weighted by Crippen LogP contribution is 2.37. The number of anilines is 1. The van der Waals surface area contributed by atoms with Gasteiger partial charge in [-0.15, -0.1) is 0 Å². The van der Waals surface area contributed by atoms with Crippen LogP contribution in [0.15, 0.2) is 36.8 Å². The first-order chi connectivity index (χ1) is 13.6. The molecule has 1 saturated heterocycles. The number of aromatic nitrogens is 4. The quantitative estimate of drug-likeness (QED) is 0.651. The molecule has 2 bridgehead atoms. The van der Waals surface area contributed by atoms with Gasteiger partial charge in [-0.1, -0.05) is 6.08 Å². The molecule has 5 heterocycles. The van der Waals surface area contributed by atoms with Gasteiger partial charge in [0.1, 0.15) is 17.2 Å². The topological polar surface area (TPSA) is 75.4 Å². The summed E-state index contributed by atoms with van der Waals surface area (Å²) in [5, 5.41) is 7.17. The number of pyridine rings is 1. The average molecular weight is 378 g/mol. The molecule has 3 aromatic heterocycles. The van der Waals surface area contributed by atoms with Crippen LogP contribution in [0, 0.1) is 5.82 Å². The summed E-state index contributed by atoms with van der Waals surface area (Å²) in [5.74, 6) is 0.156. The minimum absolute atomic E-state index is 0.0242. The van der Waals surface area contributed by atoms with Crippen molar-refractivity contribution in [3.63, 3.8) is 0 Å². The highest BCUT2D eigenvalue weighted by molar-refractivity contribution is 6.00. The van der Waals surface area contributed by atoms with Gasteiger partial charge in [0.2, 0.25) is 0 Å². The van der Waals surface area contributed by atoms with Crippen molar-refractivity contribution in [2.75, 3.05) is 11.4 Å². The second-order valence-electron chi connectivity index (χ2n) is 7.21. The van der Waals surface area contributed by atoms with Crippen LogP contribution < -0.4 is 10.2 Å². The Balaban J connectivity index is 1.73. The Morgan fingerprint density at radius 3 is 3.11 bits per heavy atom. The van der Waals surface area contributed by atoms with Gasteiger partial charge in [-0.3, -0.25) is 9.78 Å². The molecule has 1 N–H and O–H groups in total. The van der Waals surface area contributed by atoms with Crippen molar-refractivity contribution in [2.45, 2.75) is 31.8 Å². The van der Waals surface area contributed by atoms with E-state index >= 15 is 0 Å². The van der Waals surface area contributed by atoms with Gasteiger partial charge in [0.15, 0.2) is 5.65 Å². The van der Waals surface area contributed by atoms with Crippen molar-refractivity contribution in [1.82, 2.24) is 24.9 Å². The predicted molar refractivity (Wildman–Crippen MR) is 102 cm³/mol. The Labute approximate surface area is 160 Å². The van der Waals surface area contributed by atoms with Crippen LogP contribution in [-0.4, -0.2) is 38.1 Å². The molecular weight excluding hydrogens is 359 g/mol. The van der Waals surface area contributed by atoms with Gasteiger partial charge in [0.05, 0.1) is 24.1 Å². The van der Waals surface area contributed by atoms with E-state index in [1.54, 1.807) is 16.8 Å². The first kappa shape index (κ1) is 16.9. The maximum Gasteiger partial charge on any atom is 0.257 e. The van der Waals surface area contributed by atoms with Crippen molar-refractivity contribution >= 4 is 23.4 Å². The first-order valence-corrected chi connectivity index (χ1v) is 9.36. The summed E-state index contributed by atoms with van der Waals surface area (Å²) in [5.41, 5.74) is 2.48. The summed E-state index contributed by atoms with van der Waals surface area (Å²) < 4.78 is 15.6. The van der Waals surface area contributed by atoms with Crippen LogP contribution >= 0.6 is 0 Å². The van der Waals surface area contributed by atoms with E-state index in [0.717, 1.165) is 30.8 Å². The molecule has 0 aliphatic carbocycles. The summed E-state index contributed by atoms with van der Waals surface area (Å²) in [4.78, 5) is 23.9. The minimum atomic E-state index is -0.355. The molecule has 2 atom stereocenters. The van der Waals surface area contributed by atoms with Crippen molar-refractivity contribution < 1.29 is 9.18 Å². The van der Waals surface area contributed by atoms with Gasteiger partial charge in [0, 0.05) is 24.3 Å². The maximum atomic E-state index is 14.0. The van der Waals surface area contributed by atoms with Crippen LogP contribution in [0.3, 0.4) is 0 Å². The Hall–Kier alpha value is -3.29. The van der Waals surface area contributed by atoms with Crippen molar-refractivity contribution in [3.8, 4) is 0 Å². The molecule has 0 unspecified atom stereocenters. The van der Waals surface area contributed by atoms with Crippen LogP contribution in [0.25, 0.3) is 11.7 Å². The SMILES string of the molecule is C[C@@H]1/C=C\c2ncc(F)cc2[C@@H]2CCCN2c2ccn3ncc(c3n2)C(=O)N1. The third kappa shape index (κ3) is 2.72. The smallest absolute Gasteiger partial charge is 0.257 e. The van der Waals surface area contributed by atoms with Crippen molar-refractivity contribution in [1.29, 1.82) is 0 Å². The van der Waals surface area contributed by atoms with Crippen LogP contribution in [0.5, 0.6) is 0 Å². The predicted octanol–water partition coefficient (Wildman–Crippen LogP) is 2.75. The van der Waals surface area contributed by atoms with Gasteiger partial charge in [-0.2, -0.15) is 5.10 Å². The largest absolute Gasteiger partial charge is 0.349 e. The van der Waals surface area contributed by atoms with Gasteiger partial charge in [-0.05, 0) is 38.0 Å². The highest BCUT2D eigenvalue weighted by Gasteiger charge is 2.30. The lowest BCUT2D eigenvalue weighted by Gasteiger charge is -2.27. The van der Waals surface area contributed by atoms with Gasteiger partial charge < -0.3 is 10.2 Å². The van der Waals surface area contributed by atoms with E-state index in [9.17, 15) is 9.18 Å². The molecule has 5 rings (SSSR count). The molecule has 3 aromatic rings. The van der Waals surface area contributed by atoms with E-state index in [1.165, 1.54) is 12.4 Å². The summed E-state index contributed by atoms with van der Waals surface area (Å²) >= 11 is 0. The third-order valence-electron chi connectivity index (χ3n) is 5.32. The fourth-order valence-electron chi connectivity index (χ4n) is 3.98. The zero-order valence-electron chi connectivity index (χ0n) is 15.3. The molecule has 7 nitrogen and oxygen atoms in total. The normalized spacial score (nSPS) is 22.8. The van der Waals surface area contributed by atoms with E-state index < -0.39 is 0 Å². The number of hydrogen-bond acceptors (Lipinski definition) is 5. The summed E-state index contributed by atoms with van der Waals surface area (Å²) in [6.45, 7) is 2.68. The summed E-state index contributed by atoms with van der Waals surface area (Å²) in [6, 6.07) is 3.18. The molecule has 0 aromatic carbocycles. The molecule has 2 aliphatic rings. The Morgan fingerprint density at radius 1 is 1.32 bits per heavy atom. The number of rotatable bonds is 0. The van der Waals surface area contributed by atoms with Crippen molar-refractivity contribution in [2.24, 2.45) is 0 Å². The lowest BCUT2D eigenvalue weighted by atomic mass is 10.0. The molecule has 0 radical (unpaired) electrons. The number of nitrogens with one attached hydrogen (secondary N) is 1. The molecule has 2 aliphatic heterocycles. The first-order valence-electron chi connectivity index (χ1n) is 9.36.